The van der Waals surface area contributed by atoms with Crippen molar-refractivity contribution in [2.75, 3.05) is 0 Å². The van der Waals surface area contributed by atoms with Crippen molar-refractivity contribution in [2.24, 2.45) is 0 Å². The van der Waals surface area contributed by atoms with E-state index in [1.807, 2.05) is 37.8 Å². The number of amides is 1. The number of ether oxygens (including phenoxy) is 1. The van der Waals surface area contributed by atoms with Crippen molar-refractivity contribution < 1.29 is 13.9 Å². The largest absolute Gasteiger partial charge is 0.464 e. The fourth-order valence-corrected chi connectivity index (χ4v) is 3.48. The second-order valence-electron chi connectivity index (χ2n) is 6.93. The van der Waals surface area contributed by atoms with Crippen LogP contribution in [0.4, 0.5) is 0 Å². The van der Waals surface area contributed by atoms with Crippen molar-refractivity contribution in [1.82, 2.24) is 15.1 Å². The second kappa shape index (κ2) is 5.77. The third-order valence-corrected chi connectivity index (χ3v) is 4.81. The Morgan fingerprint density at radius 3 is 2.83 bits per heavy atom. The number of nitrogens with zero attached hydrogens (tertiary/aromatic N) is 2. The van der Waals surface area contributed by atoms with Gasteiger partial charge in [-0.15, -0.1) is 0 Å². The first kappa shape index (κ1) is 15.4. The summed E-state index contributed by atoms with van der Waals surface area (Å²) in [7, 11) is 0. The summed E-state index contributed by atoms with van der Waals surface area (Å²) in [6.45, 7) is 6.44. The van der Waals surface area contributed by atoms with Crippen molar-refractivity contribution >= 4 is 5.91 Å². The average molecular weight is 329 g/mol. The topological polar surface area (TPSA) is 71.4 Å². The molecule has 0 unspecified atom stereocenters. The van der Waals surface area contributed by atoms with E-state index in [1.165, 1.54) is 0 Å². The molecule has 2 atom stereocenters. The van der Waals surface area contributed by atoms with Crippen molar-refractivity contribution in [2.45, 2.75) is 64.8 Å². The second-order valence-corrected chi connectivity index (χ2v) is 6.93. The minimum absolute atomic E-state index is 0.00893. The third kappa shape index (κ3) is 2.75. The first-order valence-corrected chi connectivity index (χ1v) is 8.61. The number of H-pyrrole nitrogens is 1. The molecule has 1 aliphatic carbocycles. The Balaban J connectivity index is 1.62. The molecular formula is C18H23N3O3. The summed E-state index contributed by atoms with van der Waals surface area (Å²) in [5.41, 5.74) is 2.48. The van der Waals surface area contributed by atoms with E-state index in [1.54, 1.807) is 0 Å². The molecule has 0 saturated heterocycles. The summed E-state index contributed by atoms with van der Waals surface area (Å²) in [6.07, 6.45) is 2.86. The van der Waals surface area contributed by atoms with Gasteiger partial charge in [-0.05, 0) is 45.7 Å². The smallest absolute Gasteiger partial charge is 0.275 e. The molecule has 1 aliphatic heterocycles. The summed E-state index contributed by atoms with van der Waals surface area (Å²) < 4.78 is 11.5. The van der Waals surface area contributed by atoms with Crippen LogP contribution < -0.4 is 0 Å². The summed E-state index contributed by atoms with van der Waals surface area (Å²) in [5.74, 6) is 1.68. The molecule has 24 heavy (non-hydrogen) atoms. The number of hydrogen-bond donors (Lipinski definition) is 1. The van der Waals surface area contributed by atoms with E-state index in [4.69, 9.17) is 9.15 Å². The van der Waals surface area contributed by atoms with Crippen LogP contribution in [0.3, 0.4) is 0 Å². The van der Waals surface area contributed by atoms with Gasteiger partial charge in [-0.1, -0.05) is 0 Å². The molecule has 6 heteroatoms. The lowest BCUT2D eigenvalue weighted by Gasteiger charge is -2.26. The zero-order valence-electron chi connectivity index (χ0n) is 14.3. The Morgan fingerprint density at radius 2 is 2.17 bits per heavy atom. The molecule has 128 valence electrons. The van der Waals surface area contributed by atoms with Crippen molar-refractivity contribution in [3.8, 4) is 0 Å². The number of aromatic nitrogens is 2. The SMILES string of the molecule is Cc1ccc(CN(C(=O)c2n[nH]c3c2C[C@@H](C)O[C@H]3C)C2CC2)o1. The summed E-state index contributed by atoms with van der Waals surface area (Å²) in [5, 5.41) is 7.35. The maximum Gasteiger partial charge on any atom is 0.275 e. The molecule has 1 fully saturated rings. The number of furan rings is 1. The molecule has 2 aliphatic rings. The normalized spacial score (nSPS) is 23.1. The van der Waals surface area contributed by atoms with Gasteiger partial charge >= 0.3 is 0 Å². The number of aromatic amines is 1. The highest BCUT2D eigenvalue weighted by Gasteiger charge is 2.37. The van der Waals surface area contributed by atoms with Gasteiger partial charge in [-0.2, -0.15) is 5.10 Å². The first-order valence-electron chi connectivity index (χ1n) is 8.61. The molecule has 0 aromatic carbocycles. The molecule has 1 saturated carbocycles. The summed E-state index contributed by atoms with van der Waals surface area (Å²) >= 11 is 0. The molecule has 1 amide bonds. The van der Waals surface area contributed by atoms with Crippen LogP contribution in [0.5, 0.6) is 0 Å². The predicted octanol–water partition coefficient (Wildman–Crippen LogP) is 3.14. The van der Waals surface area contributed by atoms with E-state index >= 15 is 0 Å². The van der Waals surface area contributed by atoms with Crippen LogP contribution in [-0.2, 0) is 17.7 Å². The third-order valence-electron chi connectivity index (χ3n) is 4.81. The average Bonchev–Trinajstić information content (AvgIpc) is 3.15. The molecule has 0 radical (unpaired) electrons. The highest BCUT2D eigenvalue weighted by Crippen LogP contribution is 2.34. The lowest BCUT2D eigenvalue weighted by atomic mass is 9.99. The standard InChI is InChI=1S/C18H23N3O3/c1-10-4-7-14(24-10)9-21(13-5-6-13)18(22)17-15-8-11(2)23-12(3)16(15)19-20-17/h4,7,11-13H,5-6,8-9H2,1-3H3,(H,19,20)/t11-,12+/m1/s1. The van der Waals surface area contributed by atoms with Gasteiger partial charge in [-0.25, -0.2) is 0 Å². The van der Waals surface area contributed by atoms with Crippen LogP contribution in [0.15, 0.2) is 16.5 Å². The molecule has 1 N–H and O–H groups in total. The summed E-state index contributed by atoms with van der Waals surface area (Å²) in [6, 6.07) is 4.17. The quantitative estimate of drug-likeness (QED) is 0.935. The predicted molar refractivity (Wildman–Crippen MR) is 87.6 cm³/mol. The summed E-state index contributed by atoms with van der Waals surface area (Å²) in [4.78, 5) is 15.0. The fraction of sp³-hybridized carbons (Fsp3) is 0.556. The lowest BCUT2D eigenvalue weighted by molar-refractivity contribution is -0.00703. The van der Waals surface area contributed by atoms with Gasteiger partial charge in [0.25, 0.3) is 5.91 Å². The highest BCUT2D eigenvalue weighted by atomic mass is 16.5. The van der Waals surface area contributed by atoms with Gasteiger partial charge in [0.2, 0.25) is 0 Å². The number of carbonyl (C=O) groups excluding carboxylic acids is 1. The number of nitrogens with one attached hydrogen (secondary N) is 1. The van der Waals surface area contributed by atoms with Gasteiger partial charge in [0.05, 0.1) is 24.4 Å². The van der Waals surface area contributed by atoms with E-state index in [2.05, 4.69) is 10.2 Å². The molecule has 4 rings (SSSR count). The number of rotatable bonds is 4. The van der Waals surface area contributed by atoms with E-state index in [9.17, 15) is 4.79 Å². The van der Waals surface area contributed by atoms with Crippen LogP contribution in [0, 0.1) is 6.92 Å². The Hall–Kier alpha value is -2.08. The minimum atomic E-state index is -0.0556. The minimum Gasteiger partial charge on any atom is -0.464 e. The lowest BCUT2D eigenvalue weighted by Crippen LogP contribution is -2.34. The molecular weight excluding hydrogens is 306 g/mol. The maximum absolute atomic E-state index is 13.1. The fourth-order valence-electron chi connectivity index (χ4n) is 3.48. The van der Waals surface area contributed by atoms with Crippen LogP contribution >= 0.6 is 0 Å². The number of aryl methyl sites for hydroxylation is 1. The zero-order chi connectivity index (χ0) is 16.8. The molecule has 6 nitrogen and oxygen atoms in total. The van der Waals surface area contributed by atoms with Crippen molar-refractivity contribution in [3.05, 3.63) is 40.6 Å². The van der Waals surface area contributed by atoms with Gasteiger partial charge < -0.3 is 14.1 Å². The molecule has 3 heterocycles. The van der Waals surface area contributed by atoms with Crippen molar-refractivity contribution in [3.63, 3.8) is 0 Å². The molecule has 2 aromatic heterocycles. The van der Waals surface area contributed by atoms with E-state index in [-0.39, 0.29) is 18.1 Å². The first-order chi connectivity index (χ1) is 11.5. The van der Waals surface area contributed by atoms with E-state index in [0.717, 1.165) is 42.0 Å². The van der Waals surface area contributed by atoms with Gasteiger partial charge in [0, 0.05) is 18.0 Å². The van der Waals surface area contributed by atoms with Gasteiger partial charge in [0.15, 0.2) is 5.69 Å². The van der Waals surface area contributed by atoms with Gasteiger partial charge in [0.1, 0.15) is 11.5 Å². The van der Waals surface area contributed by atoms with E-state index in [0.29, 0.717) is 18.3 Å². The number of hydrogen-bond acceptors (Lipinski definition) is 4. The number of fused-ring (bicyclic) bond motifs is 1. The highest BCUT2D eigenvalue weighted by molar-refractivity contribution is 5.94. The number of carbonyl (C=O) groups is 1. The Morgan fingerprint density at radius 1 is 1.38 bits per heavy atom. The van der Waals surface area contributed by atoms with Crippen LogP contribution in [0.2, 0.25) is 0 Å². The molecule has 0 bridgehead atoms. The maximum atomic E-state index is 13.1. The van der Waals surface area contributed by atoms with Crippen LogP contribution in [0.25, 0.3) is 0 Å². The monoisotopic (exact) mass is 329 g/mol. The van der Waals surface area contributed by atoms with E-state index < -0.39 is 0 Å². The zero-order valence-corrected chi connectivity index (χ0v) is 14.3. The van der Waals surface area contributed by atoms with Crippen molar-refractivity contribution in [1.29, 1.82) is 0 Å². The Labute approximate surface area is 141 Å². The van der Waals surface area contributed by atoms with Crippen LogP contribution in [-0.4, -0.2) is 33.2 Å². The van der Waals surface area contributed by atoms with Crippen LogP contribution in [0.1, 0.15) is 66.1 Å². The molecule has 2 aromatic rings. The van der Waals surface area contributed by atoms with Gasteiger partial charge in [-0.3, -0.25) is 9.89 Å². The Bertz CT molecular complexity index is 759. The Kier molecular flexibility index (Phi) is 3.72. The molecule has 0 spiro atoms.